The summed E-state index contributed by atoms with van der Waals surface area (Å²) in [5, 5.41) is 7.04. The minimum Gasteiger partial charge on any atom is -0.369 e. The van der Waals surface area contributed by atoms with Crippen LogP contribution in [0.4, 0.5) is 11.5 Å². The first-order chi connectivity index (χ1) is 15.2. The van der Waals surface area contributed by atoms with Gasteiger partial charge in [0.2, 0.25) is 0 Å². The monoisotopic (exact) mass is 549 g/mol. The van der Waals surface area contributed by atoms with Gasteiger partial charge >= 0.3 is 0 Å². The average molecular weight is 550 g/mol. The number of guanidine groups is 1. The highest BCUT2D eigenvalue weighted by Gasteiger charge is 2.23. The Bertz CT molecular complexity index is 852. The van der Waals surface area contributed by atoms with Crippen LogP contribution < -0.4 is 20.4 Å². The average Bonchev–Trinajstić information content (AvgIpc) is 3.27. The number of likely N-dealkylation sites (N-methyl/N-ethyl adjacent to an activating group) is 1. The van der Waals surface area contributed by atoms with E-state index < -0.39 is 0 Å². The van der Waals surface area contributed by atoms with E-state index in [0.717, 1.165) is 64.0 Å². The van der Waals surface area contributed by atoms with Crippen molar-refractivity contribution in [3.63, 3.8) is 0 Å². The molecule has 0 amide bonds. The van der Waals surface area contributed by atoms with Crippen LogP contribution in [0.15, 0.2) is 53.7 Å². The van der Waals surface area contributed by atoms with Gasteiger partial charge in [0.05, 0.1) is 6.54 Å². The van der Waals surface area contributed by atoms with Gasteiger partial charge in [-0.05, 0) is 50.2 Å². The van der Waals surface area contributed by atoms with Crippen molar-refractivity contribution in [2.24, 2.45) is 4.99 Å². The number of piperazine rings is 1. The molecule has 4 rings (SSSR count). The minimum absolute atomic E-state index is 0. The Balaban J connectivity index is 0.00000289. The Morgan fingerprint density at radius 2 is 1.84 bits per heavy atom. The molecule has 2 fully saturated rings. The van der Waals surface area contributed by atoms with Crippen LogP contribution in [0.1, 0.15) is 18.9 Å². The largest absolute Gasteiger partial charge is 0.369 e. The molecule has 8 heteroatoms. The molecule has 7 nitrogen and oxygen atoms in total. The van der Waals surface area contributed by atoms with Crippen molar-refractivity contribution in [1.82, 2.24) is 20.5 Å². The number of rotatable bonds is 6. The molecular weight excluding hydrogens is 513 g/mol. The summed E-state index contributed by atoms with van der Waals surface area (Å²) in [6.45, 7) is 9.90. The van der Waals surface area contributed by atoms with Gasteiger partial charge in [-0.3, -0.25) is 0 Å². The lowest BCUT2D eigenvalue weighted by molar-refractivity contribution is 0.312. The number of benzene rings is 1. The number of para-hydroxylation sites is 1. The molecule has 32 heavy (non-hydrogen) atoms. The van der Waals surface area contributed by atoms with Gasteiger partial charge < -0.3 is 25.3 Å². The van der Waals surface area contributed by atoms with E-state index in [0.29, 0.717) is 12.6 Å². The summed E-state index contributed by atoms with van der Waals surface area (Å²) < 4.78 is 0. The molecule has 0 radical (unpaired) electrons. The van der Waals surface area contributed by atoms with Gasteiger partial charge in [-0.1, -0.05) is 18.2 Å². The fourth-order valence-corrected chi connectivity index (χ4v) is 4.20. The van der Waals surface area contributed by atoms with E-state index in [1.54, 1.807) is 0 Å². The zero-order valence-electron chi connectivity index (χ0n) is 19.2. The fourth-order valence-electron chi connectivity index (χ4n) is 4.20. The van der Waals surface area contributed by atoms with Crippen LogP contribution in [-0.2, 0) is 6.54 Å². The number of pyridine rings is 1. The SMILES string of the molecule is CCNC(=NCc1ccnc(N2CCN(C)CC2)c1)NC1CCN(c2ccccc2)C1.I. The number of halogens is 1. The van der Waals surface area contributed by atoms with Crippen molar-refractivity contribution in [2.75, 3.05) is 62.7 Å². The normalized spacial score (nSPS) is 19.6. The first-order valence-corrected chi connectivity index (χ1v) is 11.4. The van der Waals surface area contributed by atoms with E-state index >= 15 is 0 Å². The molecule has 0 bridgehead atoms. The summed E-state index contributed by atoms with van der Waals surface area (Å²) in [4.78, 5) is 16.6. The van der Waals surface area contributed by atoms with Crippen LogP contribution in [0.5, 0.6) is 0 Å². The van der Waals surface area contributed by atoms with Crippen molar-refractivity contribution in [2.45, 2.75) is 25.9 Å². The van der Waals surface area contributed by atoms with E-state index in [1.807, 2.05) is 6.20 Å². The predicted molar refractivity (Wildman–Crippen MR) is 144 cm³/mol. The van der Waals surface area contributed by atoms with Crippen molar-refractivity contribution in [1.29, 1.82) is 0 Å². The van der Waals surface area contributed by atoms with Gasteiger partial charge in [0.15, 0.2) is 5.96 Å². The maximum Gasteiger partial charge on any atom is 0.191 e. The molecule has 0 spiro atoms. The molecule has 1 atom stereocenters. The van der Waals surface area contributed by atoms with Crippen molar-refractivity contribution >= 4 is 41.4 Å². The van der Waals surface area contributed by atoms with Gasteiger partial charge in [0.25, 0.3) is 0 Å². The van der Waals surface area contributed by atoms with E-state index in [2.05, 4.69) is 86.8 Å². The van der Waals surface area contributed by atoms with Crippen LogP contribution in [-0.4, -0.2) is 74.7 Å². The first-order valence-electron chi connectivity index (χ1n) is 11.4. The van der Waals surface area contributed by atoms with Crippen LogP contribution in [0.25, 0.3) is 0 Å². The Hall–Kier alpha value is -2.07. The van der Waals surface area contributed by atoms with Crippen molar-refractivity contribution in [3.05, 3.63) is 54.2 Å². The Morgan fingerprint density at radius 1 is 1.06 bits per heavy atom. The smallest absolute Gasteiger partial charge is 0.191 e. The van der Waals surface area contributed by atoms with Gasteiger partial charge in [0, 0.05) is 63.7 Å². The molecule has 2 saturated heterocycles. The van der Waals surface area contributed by atoms with Gasteiger partial charge in [-0.15, -0.1) is 24.0 Å². The summed E-state index contributed by atoms with van der Waals surface area (Å²) >= 11 is 0. The van der Waals surface area contributed by atoms with Crippen LogP contribution in [0.2, 0.25) is 0 Å². The Morgan fingerprint density at radius 3 is 2.59 bits per heavy atom. The standard InChI is InChI=1S/C24H35N7.HI/c1-3-25-24(28-21-10-12-31(19-21)22-7-5-4-6-8-22)27-18-20-9-11-26-23(17-20)30-15-13-29(2)14-16-30;/h4-9,11,17,21H,3,10,12-16,18-19H2,1-2H3,(H2,25,27,28);1H. The first kappa shape index (κ1) is 24.6. The van der Waals surface area contributed by atoms with Crippen molar-refractivity contribution in [3.8, 4) is 0 Å². The highest BCUT2D eigenvalue weighted by Crippen LogP contribution is 2.20. The lowest BCUT2D eigenvalue weighted by Gasteiger charge is -2.33. The zero-order chi connectivity index (χ0) is 21.5. The molecule has 3 heterocycles. The summed E-state index contributed by atoms with van der Waals surface area (Å²) in [6.07, 6.45) is 3.02. The van der Waals surface area contributed by atoms with E-state index in [9.17, 15) is 0 Å². The van der Waals surface area contributed by atoms with Crippen LogP contribution in [0, 0.1) is 0 Å². The molecule has 2 aliphatic rings. The molecule has 1 unspecified atom stereocenters. The Labute approximate surface area is 209 Å². The molecule has 2 aromatic rings. The highest BCUT2D eigenvalue weighted by molar-refractivity contribution is 14.0. The van der Waals surface area contributed by atoms with E-state index in [1.165, 1.54) is 11.3 Å². The summed E-state index contributed by atoms with van der Waals surface area (Å²) in [5.74, 6) is 1.95. The number of aliphatic imine (C=N–C) groups is 1. The number of anilines is 2. The highest BCUT2D eigenvalue weighted by atomic mass is 127. The topological polar surface area (TPSA) is 59.0 Å². The molecule has 174 valence electrons. The Kier molecular flexibility index (Phi) is 9.40. The summed E-state index contributed by atoms with van der Waals surface area (Å²) in [5.41, 5.74) is 2.49. The maximum absolute atomic E-state index is 4.86. The molecule has 2 N–H and O–H groups in total. The lowest BCUT2D eigenvalue weighted by Crippen LogP contribution is -2.45. The third kappa shape index (κ3) is 6.71. The number of nitrogens with zero attached hydrogens (tertiary/aromatic N) is 5. The second-order valence-electron chi connectivity index (χ2n) is 8.42. The second-order valence-corrected chi connectivity index (χ2v) is 8.42. The maximum atomic E-state index is 4.86. The molecule has 2 aliphatic heterocycles. The lowest BCUT2D eigenvalue weighted by atomic mass is 10.2. The molecular formula is C24H36IN7. The van der Waals surface area contributed by atoms with E-state index in [4.69, 9.17) is 4.99 Å². The molecule has 0 saturated carbocycles. The predicted octanol–water partition coefficient (Wildman–Crippen LogP) is 2.79. The summed E-state index contributed by atoms with van der Waals surface area (Å²) in [7, 11) is 2.18. The number of aromatic nitrogens is 1. The number of hydrogen-bond acceptors (Lipinski definition) is 5. The van der Waals surface area contributed by atoms with E-state index in [-0.39, 0.29) is 24.0 Å². The minimum atomic E-state index is 0. The van der Waals surface area contributed by atoms with Crippen LogP contribution >= 0.6 is 24.0 Å². The second kappa shape index (κ2) is 12.2. The zero-order valence-corrected chi connectivity index (χ0v) is 21.5. The third-order valence-electron chi connectivity index (χ3n) is 6.05. The fraction of sp³-hybridized carbons (Fsp3) is 0.500. The van der Waals surface area contributed by atoms with Gasteiger partial charge in [0.1, 0.15) is 5.82 Å². The molecule has 1 aromatic heterocycles. The third-order valence-corrected chi connectivity index (χ3v) is 6.05. The number of hydrogen-bond donors (Lipinski definition) is 2. The molecule has 1 aromatic carbocycles. The van der Waals surface area contributed by atoms with Gasteiger partial charge in [-0.2, -0.15) is 0 Å². The quantitative estimate of drug-likeness (QED) is 0.329. The molecule has 0 aliphatic carbocycles. The summed E-state index contributed by atoms with van der Waals surface area (Å²) in [6, 6.07) is 15.3. The van der Waals surface area contributed by atoms with Crippen molar-refractivity contribution < 1.29 is 0 Å². The van der Waals surface area contributed by atoms with Crippen LogP contribution in [0.3, 0.4) is 0 Å². The van der Waals surface area contributed by atoms with Gasteiger partial charge in [-0.25, -0.2) is 9.98 Å². The number of nitrogens with one attached hydrogen (secondary N) is 2.